The smallest absolute Gasteiger partial charge is 0.300 e. The quantitative estimate of drug-likeness (QED) is 0.635. The van der Waals surface area contributed by atoms with E-state index in [1.54, 1.807) is 0 Å². The maximum atomic E-state index is 5.29. The van der Waals surface area contributed by atoms with Gasteiger partial charge < -0.3 is 9.57 Å². The van der Waals surface area contributed by atoms with Crippen molar-refractivity contribution >= 4 is 0 Å². The minimum absolute atomic E-state index is 0.369. The summed E-state index contributed by atoms with van der Waals surface area (Å²) >= 11 is 0. The molecule has 0 saturated heterocycles. The zero-order valence-corrected chi connectivity index (χ0v) is 6.49. The lowest BCUT2D eigenvalue weighted by Gasteiger charge is -2.15. The van der Waals surface area contributed by atoms with Crippen molar-refractivity contribution in [1.82, 2.24) is 0 Å². The van der Waals surface area contributed by atoms with Crippen molar-refractivity contribution in [3.8, 4) is 5.75 Å². The minimum Gasteiger partial charge on any atom is -0.425 e. The van der Waals surface area contributed by atoms with Crippen LogP contribution in [0.2, 0.25) is 0 Å². The van der Waals surface area contributed by atoms with E-state index in [4.69, 9.17) is 10.6 Å². The van der Waals surface area contributed by atoms with E-state index in [9.17, 15) is 0 Å². The molecule has 1 aromatic rings. The van der Waals surface area contributed by atoms with Gasteiger partial charge in [-0.15, -0.1) is 0 Å². The molecule has 0 aliphatic carbocycles. The van der Waals surface area contributed by atoms with E-state index < -0.39 is 0 Å². The van der Waals surface area contributed by atoms with Gasteiger partial charge in [-0.05, 0) is 11.6 Å². The van der Waals surface area contributed by atoms with E-state index in [0.29, 0.717) is 5.95 Å². The summed E-state index contributed by atoms with van der Waals surface area (Å²) in [5, 5.41) is 0. The Morgan fingerprint density at radius 3 is 3.00 bits per heavy atom. The van der Waals surface area contributed by atoms with E-state index >= 15 is 0 Å². The number of hydrogen-bond acceptors (Lipinski definition) is 3. The molecule has 0 unspecified atom stereocenters. The van der Waals surface area contributed by atoms with E-state index in [2.05, 4.69) is 4.84 Å². The number of fused-ring (bicyclic) bond motifs is 1. The van der Waals surface area contributed by atoms with Gasteiger partial charge in [0.25, 0.3) is 0 Å². The van der Waals surface area contributed by atoms with Crippen molar-refractivity contribution in [1.29, 1.82) is 0 Å². The molecular weight excluding hydrogens is 154 g/mol. The summed E-state index contributed by atoms with van der Waals surface area (Å²) in [6.07, 6.45) is 2.62. The fraction of sp³-hybridized carbons (Fsp3) is 0.111. The molecule has 3 heteroatoms. The molecular formula is C9H9NO2. The Bertz CT molecular complexity index is 320. The Hall–Kier alpha value is -1.48. The van der Waals surface area contributed by atoms with E-state index in [-0.39, 0.29) is 0 Å². The lowest BCUT2D eigenvalue weighted by Crippen LogP contribution is -2.10. The number of allylic oxidation sites excluding steroid dienone is 1. The van der Waals surface area contributed by atoms with Crippen LogP contribution in [-0.4, -0.2) is 0 Å². The Morgan fingerprint density at radius 1 is 1.33 bits per heavy atom. The van der Waals surface area contributed by atoms with Crippen molar-refractivity contribution in [2.75, 3.05) is 0 Å². The van der Waals surface area contributed by atoms with E-state index in [1.807, 2.05) is 30.3 Å². The molecule has 62 valence electrons. The number of nitrogens with two attached hydrogens (primary N) is 1. The largest absolute Gasteiger partial charge is 0.425 e. The number of ether oxygens (including phenoxy) is 1. The third-order valence-electron chi connectivity index (χ3n) is 1.79. The molecule has 1 aromatic carbocycles. The topological polar surface area (TPSA) is 44.5 Å². The normalized spacial score (nSPS) is 14.2. The van der Waals surface area contributed by atoms with Gasteiger partial charge in [0.15, 0.2) is 0 Å². The highest BCUT2D eigenvalue weighted by Gasteiger charge is 2.11. The first-order chi connectivity index (χ1) is 5.90. The zero-order chi connectivity index (χ0) is 8.39. The van der Waals surface area contributed by atoms with Gasteiger partial charge in [-0.25, -0.2) is 0 Å². The second-order valence-electron chi connectivity index (χ2n) is 2.55. The summed E-state index contributed by atoms with van der Waals surface area (Å²) < 4.78 is 5.29. The lowest BCUT2D eigenvalue weighted by atomic mass is 10.1. The number of benzene rings is 1. The van der Waals surface area contributed by atoms with Crippen LogP contribution in [0.15, 0.2) is 36.3 Å². The van der Waals surface area contributed by atoms with E-state index in [1.165, 1.54) is 0 Å². The Balaban J connectivity index is 2.31. The first kappa shape index (κ1) is 7.18. The van der Waals surface area contributed by atoms with Gasteiger partial charge in [0.1, 0.15) is 5.75 Å². The van der Waals surface area contributed by atoms with Crippen molar-refractivity contribution in [3.05, 3.63) is 41.9 Å². The zero-order valence-electron chi connectivity index (χ0n) is 6.49. The fourth-order valence-corrected chi connectivity index (χ4v) is 1.19. The third-order valence-corrected chi connectivity index (χ3v) is 1.79. The molecule has 0 saturated carbocycles. The Labute approximate surface area is 70.4 Å². The fourth-order valence-electron chi connectivity index (χ4n) is 1.19. The van der Waals surface area contributed by atoms with Crippen LogP contribution < -0.4 is 10.6 Å². The summed E-state index contributed by atoms with van der Waals surface area (Å²) in [5.41, 5.74) is 1.15. The Morgan fingerprint density at radius 2 is 2.17 bits per heavy atom. The van der Waals surface area contributed by atoms with Crippen molar-refractivity contribution in [3.63, 3.8) is 0 Å². The molecule has 3 nitrogen and oxygen atoms in total. The molecule has 0 spiro atoms. The maximum Gasteiger partial charge on any atom is 0.300 e. The van der Waals surface area contributed by atoms with E-state index in [0.717, 1.165) is 17.7 Å². The summed E-state index contributed by atoms with van der Waals surface area (Å²) in [6, 6.07) is 7.79. The molecule has 1 heterocycles. The molecule has 12 heavy (non-hydrogen) atoms. The number of para-hydroxylation sites is 1. The summed E-state index contributed by atoms with van der Waals surface area (Å²) in [7, 11) is 0. The van der Waals surface area contributed by atoms with Crippen molar-refractivity contribution in [2.45, 2.75) is 6.42 Å². The van der Waals surface area contributed by atoms with Crippen molar-refractivity contribution in [2.24, 2.45) is 5.90 Å². The van der Waals surface area contributed by atoms with Crippen LogP contribution in [0.3, 0.4) is 0 Å². The van der Waals surface area contributed by atoms with Crippen LogP contribution in [0.25, 0.3) is 0 Å². The van der Waals surface area contributed by atoms with Crippen LogP contribution >= 0.6 is 0 Å². The van der Waals surface area contributed by atoms with Gasteiger partial charge in [-0.2, -0.15) is 5.90 Å². The third kappa shape index (κ3) is 1.14. The van der Waals surface area contributed by atoms with Gasteiger partial charge in [-0.3, -0.25) is 0 Å². The first-order valence-corrected chi connectivity index (χ1v) is 3.73. The SMILES string of the molecule is NOC1=CCc2ccccc2O1. The minimum atomic E-state index is 0.369. The van der Waals surface area contributed by atoms with Gasteiger partial charge in [0, 0.05) is 12.5 Å². The second kappa shape index (κ2) is 2.87. The summed E-state index contributed by atoms with van der Waals surface area (Å²) in [5.74, 6) is 6.16. The Kier molecular flexibility index (Phi) is 1.72. The molecule has 1 aliphatic rings. The highest BCUT2D eigenvalue weighted by Crippen LogP contribution is 2.25. The predicted octanol–water partition coefficient (Wildman–Crippen LogP) is 1.35. The van der Waals surface area contributed by atoms with Crippen molar-refractivity contribution < 1.29 is 9.57 Å². The van der Waals surface area contributed by atoms with Crippen LogP contribution in [-0.2, 0) is 11.3 Å². The van der Waals surface area contributed by atoms with Gasteiger partial charge in [0.05, 0.1) is 0 Å². The molecule has 1 aliphatic heterocycles. The van der Waals surface area contributed by atoms with Crippen LogP contribution in [0.5, 0.6) is 5.75 Å². The first-order valence-electron chi connectivity index (χ1n) is 3.73. The monoisotopic (exact) mass is 163 g/mol. The average Bonchev–Trinajstić information content (AvgIpc) is 2.17. The average molecular weight is 163 g/mol. The number of hydrogen-bond donors (Lipinski definition) is 1. The molecule has 0 fully saturated rings. The molecule has 2 N–H and O–H groups in total. The predicted molar refractivity (Wildman–Crippen MR) is 44.1 cm³/mol. The molecule has 0 atom stereocenters. The standard InChI is InChI=1S/C9H9NO2/c10-12-9-6-5-7-3-1-2-4-8(7)11-9/h1-4,6H,5,10H2. The second-order valence-corrected chi connectivity index (χ2v) is 2.55. The summed E-state index contributed by atoms with van der Waals surface area (Å²) in [6.45, 7) is 0. The molecule has 0 aromatic heterocycles. The molecule has 2 rings (SSSR count). The lowest BCUT2D eigenvalue weighted by molar-refractivity contribution is 0.103. The highest BCUT2D eigenvalue weighted by molar-refractivity contribution is 5.37. The van der Waals surface area contributed by atoms with Gasteiger partial charge in [0.2, 0.25) is 0 Å². The summed E-state index contributed by atoms with van der Waals surface area (Å²) in [4.78, 5) is 4.49. The van der Waals surface area contributed by atoms with Gasteiger partial charge >= 0.3 is 5.95 Å². The van der Waals surface area contributed by atoms with Gasteiger partial charge in [-0.1, -0.05) is 18.2 Å². The maximum absolute atomic E-state index is 5.29. The van der Waals surface area contributed by atoms with Crippen LogP contribution in [0, 0.1) is 0 Å². The van der Waals surface area contributed by atoms with Crippen LogP contribution in [0.1, 0.15) is 5.56 Å². The highest BCUT2D eigenvalue weighted by atomic mass is 16.7. The molecule has 0 bridgehead atoms. The molecule has 0 amide bonds. The molecule has 0 radical (unpaired) electrons. The number of rotatable bonds is 1. The van der Waals surface area contributed by atoms with Crippen LogP contribution in [0.4, 0.5) is 0 Å².